The highest BCUT2D eigenvalue weighted by Crippen LogP contribution is 2.36. The number of hydrogen-bond acceptors (Lipinski definition) is 5. The smallest absolute Gasteiger partial charge is 0.341 e. The SMILES string of the molecule is Cc1sc(NC(=O)C2CC2)c(C(=O)OCC(=O)Nc2c(Cl)cccc2Cl)c1C. The minimum absolute atomic E-state index is 0.0118. The van der Waals surface area contributed by atoms with E-state index in [-0.39, 0.29) is 33.1 Å². The Morgan fingerprint density at radius 2 is 1.79 bits per heavy atom. The fourth-order valence-electron chi connectivity index (χ4n) is 2.52. The summed E-state index contributed by atoms with van der Waals surface area (Å²) in [5.41, 5.74) is 1.25. The normalized spacial score (nSPS) is 13.1. The second-order valence-electron chi connectivity index (χ2n) is 6.47. The minimum atomic E-state index is -0.673. The van der Waals surface area contributed by atoms with E-state index in [2.05, 4.69) is 10.6 Å². The lowest BCUT2D eigenvalue weighted by molar-refractivity contribution is -0.119. The number of halogens is 2. The van der Waals surface area contributed by atoms with Crippen molar-refractivity contribution >= 4 is 63.0 Å². The number of aryl methyl sites for hydroxylation is 1. The summed E-state index contributed by atoms with van der Waals surface area (Å²) in [4.78, 5) is 37.6. The van der Waals surface area contributed by atoms with Crippen molar-refractivity contribution in [3.63, 3.8) is 0 Å². The van der Waals surface area contributed by atoms with Gasteiger partial charge in [-0.25, -0.2) is 4.79 Å². The molecule has 1 heterocycles. The molecule has 0 radical (unpaired) electrons. The number of amides is 2. The second kappa shape index (κ2) is 8.51. The van der Waals surface area contributed by atoms with Crippen molar-refractivity contribution < 1.29 is 19.1 Å². The Hall–Kier alpha value is -2.09. The molecule has 1 aromatic heterocycles. The van der Waals surface area contributed by atoms with Gasteiger partial charge in [0.15, 0.2) is 6.61 Å². The molecular weight excluding hydrogens is 423 g/mol. The highest BCUT2D eigenvalue weighted by Gasteiger charge is 2.31. The molecular formula is C19H18Cl2N2O4S. The van der Waals surface area contributed by atoms with Gasteiger partial charge in [-0.05, 0) is 44.4 Å². The van der Waals surface area contributed by atoms with Gasteiger partial charge in [-0.15, -0.1) is 11.3 Å². The molecule has 6 nitrogen and oxygen atoms in total. The third kappa shape index (κ3) is 4.66. The Labute approximate surface area is 176 Å². The molecule has 1 aliphatic carbocycles. The molecule has 0 atom stereocenters. The molecule has 1 fully saturated rings. The summed E-state index contributed by atoms with van der Waals surface area (Å²) in [6.07, 6.45) is 1.72. The molecule has 1 aromatic carbocycles. The van der Waals surface area contributed by atoms with Gasteiger partial charge in [0.25, 0.3) is 5.91 Å². The number of esters is 1. The number of nitrogens with one attached hydrogen (secondary N) is 2. The maximum absolute atomic E-state index is 12.6. The summed E-state index contributed by atoms with van der Waals surface area (Å²) in [7, 11) is 0. The first-order valence-electron chi connectivity index (χ1n) is 8.59. The van der Waals surface area contributed by atoms with E-state index in [1.165, 1.54) is 11.3 Å². The van der Waals surface area contributed by atoms with E-state index in [9.17, 15) is 14.4 Å². The summed E-state index contributed by atoms with van der Waals surface area (Å²) in [6.45, 7) is 3.12. The largest absolute Gasteiger partial charge is 0.452 e. The van der Waals surface area contributed by atoms with Gasteiger partial charge in [-0.3, -0.25) is 9.59 Å². The van der Waals surface area contributed by atoms with Crippen molar-refractivity contribution in [2.45, 2.75) is 26.7 Å². The van der Waals surface area contributed by atoms with E-state index in [0.29, 0.717) is 5.00 Å². The average molecular weight is 441 g/mol. The third-order valence-corrected chi connectivity index (χ3v) is 6.09. The average Bonchev–Trinajstić information content (AvgIpc) is 3.44. The molecule has 2 amide bonds. The number of ether oxygens (including phenoxy) is 1. The maximum Gasteiger partial charge on any atom is 0.341 e. The van der Waals surface area contributed by atoms with E-state index in [1.54, 1.807) is 25.1 Å². The van der Waals surface area contributed by atoms with Crippen molar-refractivity contribution in [1.82, 2.24) is 0 Å². The lowest BCUT2D eigenvalue weighted by Crippen LogP contribution is -2.22. The van der Waals surface area contributed by atoms with E-state index in [4.69, 9.17) is 27.9 Å². The number of carbonyl (C=O) groups excluding carboxylic acids is 3. The van der Waals surface area contributed by atoms with Crippen molar-refractivity contribution in [3.05, 3.63) is 44.2 Å². The lowest BCUT2D eigenvalue weighted by Gasteiger charge is -2.10. The number of benzene rings is 1. The van der Waals surface area contributed by atoms with Gasteiger partial charge in [0.2, 0.25) is 5.91 Å². The van der Waals surface area contributed by atoms with Gasteiger partial charge in [0.1, 0.15) is 5.00 Å². The number of hydrogen-bond donors (Lipinski definition) is 2. The molecule has 28 heavy (non-hydrogen) atoms. The van der Waals surface area contributed by atoms with Crippen molar-refractivity contribution in [1.29, 1.82) is 0 Å². The van der Waals surface area contributed by atoms with Gasteiger partial charge < -0.3 is 15.4 Å². The molecule has 9 heteroatoms. The van der Waals surface area contributed by atoms with E-state index >= 15 is 0 Å². The quantitative estimate of drug-likeness (QED) is 0.630. The molecule has 1 aliphatic rings. The standard InChI is InChI=1S/C19H18Cl2N2O4S/c1-9-10(2)28-18(23-17(25)11-6-7-11)15(9)19(26)27-8-14(24)22-16-12(20)4-3-5-13(16)21/h3-5,11H,6-8H2,1-2H3,(H,22,24)(H,23,25). The second-order valence-corrected chi connectivity index (χ2v) is 8.51. The van der Waals surface area contributed by atoms with E-state index in [1.807, 2.05) is 6.92 Å². The van der Waals surface area contributed by atoms with Gasteiger partial charge in [0, 0.05) is 10.8 Å². The molecule has 0 saturated heterocycles. The van der Waals surface area contributed by atoms with E-state index in [0.717, 1.165) is 23.3 Å². The predicted octanol–water partition coefficient (Wildman–Crippen LogP) is 4.82. The summed E-state index contributed by atoms with van der Waals surface area (Å²) in [5.74, 6) is -1.33. The summed E-state index contributed by atoms with van der Waals surface area (Å²) in [5, 5.41) is 6.34. The van der Waals surface area contributed by atoms with E-state index < -0.39 is 18.5 Å². The van der Waals surface area contributed by atoms with Gasteiger partial charge in [-0.2, -0.15) is 0 Å². The first-order chi connectivity index (χ1) is 13.3. The molecule has 0 spiro atoms. The van der Waals surface area contributed by atoms with Crippen LogP contribution in [0.3, 0.4) is 0 Å². The minimum Gasteiger partial charge on any atom is -0.452 e. The summed E-state index contributed by atoms with van der Waals surface area (Å²) < 4.78 is 5.15. The van der Waals surface area contributed by atoms with Crippen LogP contribution in [0.4, 0.5) is 10.7 Å². The highest BCUT2D eigenvalue weighted by atomic mass is 35.5. The molecule has 3 rings (SSSR count). The highest BCUT2D eigenvalue weighted by molar-refractivity contribution is 7.16. The van der Waals surface area contributed by atoms with Crippen LogP contribution >= 0.6 is 34.5 Å². The van der Waals surface area contributed by atoms with Crippen LogP contribution in [0.25, 0.3) is 0 Å². The Balaban J connectivity index is 1.66. The Morgan fingerprint density at radius 3 is 2.39 bits per heavy atom. The first kappa shape index (κ1) is 20.6. The Kier molecular flexibility index (Phi) is 6.27. The zero-order valence-corrected chi connectivity index (χ0v) is 17.6. The van der Waals surface area contributed by atoms with Crippen molar-refractivity contribution in [2.24, 2.45) is 5.92 Å². The number of para-hydroxylation sites is 1. The van der Waals surface area contributed by atoms with Crippen LogP contribution < -0.4 is 10.6 Å². The topological polar surface area (TPSA) is 84.5 Å². The van der Waals surface area contributed by atoms with Crippen LogP contribution in [-0.4, -0.2) is 24.4 Å². The lowest BCUT2D eigenvalue weighted by atomic mass is 10.1. The van der Waals surface area contributed by atoms with Crippen LogP contribution in [-0.2, 0) is 14.3 Å². The Bertz CT molecular complexity index is 933. The number of anilines is 2. The monoisotopic (exact) mass is 440 g/mol. The van der Waals surface area contributed by atoms with Crippen LogP contribution in [0.15, 0.2) is 18.2 Å². The van der Waals surface area contributed by atoms with Crippen molar-refractivity contribution in [3.8, 4) is 0 Å². The third-order valence-electron chi connectivity index (χ3n) is 4.34. The number of rotatable bonds is 6. The zero-order chi connectivity index (χ0) is 20.4. The first-order valence-corrected chi connectivity index (χ1v) is 10.2. The zero-order valence-electron chi connectivity index (χ0n) is 15.2. The summed E-state index contributed by atoms with van der Waals surface area (Å²) in [6, 6.07) is 4.82. The molecule has 2 N–H and O–H groups in total. The predicted molar refractivity (Wildman–Crippen MR) is 111 cm³/mol. The van der Waals surface area contributed by atoms with Crippen LogP contribution in [0.1, 0.15) is 33.6 Å². The molecule has 2 aromatic rings. The maximum atomic E-state index is 12.6. The van der Waals surface area contributed by atoms with Gasteiger partial charge >= 0.3 is 5.97 Å². The summed E-state index contributed by atoms with van der Waals surface area (Å²) >= 11 is 13.3. The molecule has 0 aliphatic heterocycles. The molecule has 1 saturated carbocycles. The molecule has 0 unspecified atom stereocenters. The number of thiophene rings is 1. The Morgan fingerprint density at radius 1 is 1.14 bits per heavy atom. The fourth-order valence-corrected chi connectivity index (χ4v) is 4.06. The number of carbonyl (C=O) groups is 3. The molecule has 148 valence electrons. The van der Waals surface area contributed by atoms with Gasteiger partial charge in [-0.1, -0.05) is 29.3 Å². The van der Waals surface area contributed by atoms with Crippen molar-refractivity contribution in [2.75, 3.05) is 17.2 Å². The van der Waals surface area contributed by atoms with Crippen LogP contribution in [0.5, 0.6) is 0 Å². The van der Waals surface area contributed by atoms with Crippen LogP contribution in [0, 0.1) is 19.8 Å². The molecule has 0 bridgehead atoms. The van der Waals surface area contributed by atoms with Crippen LogP contribution in [0.2, 0.25) is 10.0 Å². The fraction of sp³-hybridized carbons (Fsp3) is 0.316. The van der Waals surface area contributed by atoms with Gasteiger partial charge in [0.05, 0.1) is 21.3 Å².